The van der Waals surface area contributed by atoms with Crippen LogP contribution in [0.25, 0.3) is 0 Å². The molecule has 0 fully saturated rings. The van der Waals surface area contributed by atoms with E-state index >= 15 is 0 Å². The van der Waals surface area contributed by atoms with E-state index < -0.39 is 15.8 Å². The lowest BCUT2D eigenvalue weighted by molar-refractivity contribution is 0.0985. The number of aryl methyl sites for hydroxylation is 1. The number of hydrogen-bond donors (Lipinski definition) is 1. The van der Waals surface area contributed by atoms with Gasteiger partial charge in [-0.2, -0.15) is 0 Å². The molecule has 1 aliphatic heterocycles. The number of fused-ring (bicyclic) bond motifs is 1. The third-order valence-electron chi connectivity index (χ3n) is 4.21. The van der Waals surface area contributed by atoms with E-state index in [-0.39, 0.29) is 16.8 Å². The zero-order valence-electron chi connectivity index (χ0n) is 14.7. The van der Waals surface area contributed by atoms with Crippen LogP contribution in [-0.4, -0.2) is 26.9 Å². The van der Waals surface area contributed by atoms with E-state index in [0.717, 1.165) is 12.0 Å². The van der Waals surface area contributed by atoms with Gasteiger partial charge in [-0.25, -0.2) is 17.5 Å². The molecule has 0 saturated carbocycles. The number of sulfonamides is 1. The van der Waals surface area contributed by atoms with Crippen molar-refractivity contribution in [2.24, 2.45) is 0 Å². The van der Waals surface area contributed by atoms with Gasteiger partial charge in [0.1, 0.15) is 5.82 Å². The molecule has 7 heteroatoms. The maximum Gasteiger partial charge on any atom is 0.258 e. The minimum absolute atomic E-state index is 0.195. The lowest BCUT2D eigenvalue weighted by Crippen LogP contribution is -2.36. The van der Waals surface area contributed by atoms with E-state index in [1.807, 2.05) is 0 Å². The first-order chi connectivity index (χ1) is 12.3. The van der Waals surface area contributed by atoms with Crippen molar-refractivity contribution in [2.45, 2.75) is 37.6 Å². The second kappa shape index (κ2) is 7.17. The highest BCUT2D eigenvalue weighted by molar-refractivity contribution is 7.89. The van der Waals surface area contributed by atoms with Crippen LogP contribution >= 0.6 is 0 Å². The van der Waals surface area contributed by atoms with Gasteiger partial charge in [-0.15, -0.1) is 0 Å². The number of halogens is 1. The summed E-state index contributed by atoms with van der Waals surface area (Å²) in [7, 11) is -3.58. The molecular weight excluding hydrogens is 355 g/mol. The van der Waals surface area contributed by atoms with Crippen LogP contribution in [0.1, 0.15) is 36.2 Å². The summed E-state index contributed by atoms with van der Waals surface area (Å²) in [6, 6.07) is 10.0. The normalized spacial score (nSPS) is 14.4. The van der Waals surface area contributed by atoms with E-state index in [9.17, 15) is 17.6 Å². The first-order valence-electron chi connectivity index (χ1n) is 8.50. The van der Waals surface area contributed by atoms with Crippen LogP contribution in [-0.2, 0) is 16.4 Å². The van der Waals surface area contributed by atoms with Gasteiger partial charge in [0.05, 0.1) is 4.90 Å². The average molecular weight is 376 g/mol. The summed E-state index contributed by atoms with van der Waals surface area (Å²) in [4.78, 5) is 14.6. The number of carbonyl (C=O) groups is 1. The largest absolute Gasteiger partial charge is 0.308 e. The van der Waals surface area contributed by atoms with E-state index in [2.05, 4.69) is 4.72 Å². The van der Waals surface area contributed by atoms with Crippen LogP contribution in [0, 0.1) is 5.82 Å². The topological polar surface area (TPSA) is 66.5 Å². The van der Waals surface area contributed by atoms with Gasteiger partial charge in [0.15, 0.2) is 0 Å². The minimum Gasteiger partial charge on any atom is -0.308 e. The fourth-order valence-corrected chi connectivity index (χ4v) is 4.38. The number of hydrogen-bond acceptors (Lipinski definition) is 3. The summed E-state index contributed by atoms with van der Waals surface area (Å²) in [6.45, 7) is 4.07. The summed E-state index contributed by atoms with van der Waals surface area (Å²) in [5.41, 5.74) is 1.92. The predicted molar refractivity (Wildman–Crippen MR) is 98.3 cm³/mol. The monoisotopic (exact) mass is 376 g/mol. The fourth-order valence-electron chi connectivity index (χ4n) is 3.08. The molecule has 1 aliphatic rings. The molecule has 138 valence electrons. The molecule has 0 spiro atoms. The molecule has 26 heavy (non-hydrogen) atoms. The lowest BCUT2D eigenvalue weighted by atomic mass is 10.0. The lowest BCUT2D eigenvalue weighted by Gasteiger charge is -2.30. The standard InChI is InChI=1S/C19H21FN2O3S/c1-13(2)21-26(24,25)17-9-10-18-15(12-17)4-3-11-22(18)19(23)14-5-7-16(20)8-6-14/h5-10,12-13,21H,3-4,11H2,1-2H3. The summed E-state index contributed by atoms with van der Waals surface area (Å²) in [5.74, 6) is -0.616. The average Bonchev–Trinajstić information content (AvgIpc) is 2.59. The molecule has 1 N–H and O–H groups in total. The van der Waals surface area contributed by atoms with Crippen LogP contribution < -0.4 is 9.62 Å². The Bertz CT molecular complexity index is 924. The van der Waals surface area contributed by atoms with E-state index in [1.165, 1.54) is 30.3 Å². The Morgan fingerprint density at radius 1 is 1.15 bits per heavy atom. The van der Waals surface area contributed by atoms with Gasteiger partial charge in [0.2, 0.25) is 10.0 Å². The molecule has 2 aromatic rings. The molecule has 0 bridgehead atoms. The Balaban J connectivity index is 1.93. The number of amides is 1. The van der Waals surface area contributed by atoms with Gasteiger partial charge < -0.3 is 4.90 Å². The minimum atomic E-state index is -3.58. The van der Waals surface area contributed by atoms with Crippen LogP contribution in [0.3, 0.4) is 0 Å². The van der Waals surface area contributed by atoms with Crippen LogP contribution in [0.5, 0.6) is 0 Å². The maximum atomic E-state index is 13.1. The Morgan fingerprint density at radius 3 is 2.50 bits per heavy atom. The molecule has 0 radical (unpaired) electrons. The van der Waals surface area contributed by atoms with Crippen molar-refractivity contribution in [3.63, 3.8) is 0 Å². The Morgan fingerprint density at radius 2 is 1.85 bits per heavy atom. The van der Waals surface area contributed by atoms with Crippen LogP contribution in [0.15, 0.2) is 47.4 Å². The second-order valence-corrected chi connectivity index (χ2v) is 8.35. The molecule has 3 rings (SSSR count). The molecule has 0 unspecified atom stereocenters. The molecule has 0 saturated heterocycles. The summed E-state index contributed by atoms with van der Waals surface area (Å²) in [5, 5.41) is 0. The molecule has 0 atom stereocenters. The van der Waals surface area contributed by atoms with Crippen molar-refractivity contribution >= 4 is 21.6 Å². The quantitative estimate of drug-likeness (QED) is 0.892. The number of carbonyl (C=O) groups excluding carboxylic acids is 1. The highest BCUT2D eigenvalue weighted by Crippen LogP contribution is 2.30. The third kappa shape index (κ3) is 3.78. The highest BCUT2D eigenvalue weighted by Gasteiger charge is 2.25. The Hall–Kier alpha value is -2.25. The van der Waals surface area contributed by atoms with Gasteiger partial charge in [-0.1, -0.05) is 0 Å². The van der Waals surface area contributed by atoms with Gasteiger partial charge >= 0.3 is 0 Å². The summed E-state index contributed by atoms with van der Waals surface area (Å²) in [6.07, 6.45) is 1.44. The molecule has 2 aromatic carbocycles. The second-order valence-electron chi connectivity index (χ2n) is 6.63. The molecule has 0 aliphatic carbocycles. The van der Waals surface area contributed by atoms with Crippen molar-refractivity contribution in [1.82, 2.24) is 4.72 Å². The van der Waals surface area contributed by atoms with Crippen molar-refractivity contribution in [1.29, 1.82) is 0 Å². The molecule has 5 nitrogen and oxygen atoms in total. The van der Waals surface area contributed by atoms with Gasteiger partial charge in [0, 0.05) is 23.8 Å². The summed E-state index contributed by atoms with van der Waals surface area (Å²) < 4.78 is 40.4. The molecule has 0 aromatic heterocycles. The van der Waals surface area contributed by atoms with Crippen molar-refractivity contribution < 1.29 is 17.6 Å². The van der Waals surface area contributed by atoms with Crippen molar-refractivity contribution in [2.75, 3.05) is 11.4 Å². The Labute approximate surface area is 152 Å². The third-order valence-corrected chi connectivity index (χ3v) is 5.86. The maximum absolute atomic E-state index is 13.1. The molecule has 1 amide bonds. The van der Waals surface area contributed by atoms with Crippen molar-refractivity contribution in [3.05, 3.63) is 59.4 Å². The summed E-state index contributed by atoms with van der Waals surface area (Å²) >= 11 is 0. The fraction of sp³-hybridized carbons (Fsp3) is 0.316. The molecule has 1 heterocycles. The number of benzene rings is 2. The van der Waals surface area contributed by atoms with Crippen LogP contribution in [0.2, 0.25) is 0 Å². The van der Waals surface area contributed by atoms with Gasteiger partial charge in [0.25, 0.3) is 5.91 Å². The highest BCUT2D eigenvalue weighted by atomic mass is 32.2. The Kier molecular flexibility index (Phi) is 5.11. The van der Waals surface area contributed by atoms with Gasteiger partial charge in [-0.3, -0.25) is 4.79 Å². The first-order valence-corrected chi connectivity index (χ1v) is 9.99. The number of nitrogens with zero attached hydrogens (tertiary/aromatic N) is 1. The predicted octanol–water partition coefficient (Wildman–Crippen LogP) is 3.11. The van der Waals surface area contributed by atoms with Crippen molar-refractivity contribution in [3.8, 4) is 0 Å². The number of rotatable bonds is 4. The SMILES string of the molecule is CC(C)NS(=O)(=O)c1ccc2c(c1)CCCN2C(=O)c1ccc(F)cc1. The van der Waals surface area contributed by atoms with Crippen LogP contribution in [0.4, 0.5) is 10.1 Å². The number of nitrogens with one attached hydrogen (secondary N) is 1. The first kappa shape index (κ1) is 18.5. The zero-order chi connectivity index (χ0) is 18.9. The van der Waals surface area contributed by atoms with Gasteiger partial charge in [-0.05, 0) is 74.7 Å². The van der Waals surface area contributed by atoms with E-state index in [0.29, 0.717) is 24.2 Å². The smallest absolute Gasteiger partial charge is 0.258 e. The van der Waals surface area contributed by atoms with E-state index in [4.69, 9.17) is 0 Å². The number of anilines is 1. The zero-order valence-corrected chi connectivity index (χ0v) is 15.5. The van der Waals surface area contributed by atoms with E-state index in [1.54, 1.807) is 30.9 Å². The molecular formula is C19H21FN2O3S.